The quantitative estimate of drug-likeness (QED) is 0.334. The third kappa shape index (κ3) is 4.83. The first-order valence-electron chi connectivity index (χ1n) is 11.0. The highest BCUT2D eigenvalue weighted by Gasteiger charge is 2.22. The summed E-state index contributed by atoms with van der Waals surface area (Å²) < 4.78 is 13.1. The number of aromatic nitrogens is 1. The van der Waals surface area contributed by atoms with Crippen molar-refractivity contribution in [2.45, 2.75) is 39.2 Å². The van der Waals surface area contributed by atoms with E-state index in [1.54, 1.807) is 6.92 Å². The highest BCUT2D eigenvalue weighted by molar-refractivity contribution is 6.11. The van der Waals surface area contributed by atoms with Gasteiger partial charge in [0, 0.05) is 18.2 Å². The van der Waals surface area contributed by atoms with Crippen molar-refractivity contribution in [3.05, 3.63) is 95.3 Å². The first-order valence-corrected chi connectivity index (χ1v) is 11.0. The zero-order chi connectivity index (χ0) is 22.3. The second-order valence-electron chi connectivity index (χ2n) is 7.69. The summed E-state index contributed by atoms with van der Waals surface area (Å²) in [7, 11) is 0. The lowest BCUT2D eigenvalue weighted by atomic mass is 9.98. The highest BCUT2D eigenvalue weighted by Crippen LogP contribution is 2.29. The number of fused-ring (bicyclic) bond motifs is 1. The van der Waals surface area contributed by atoms with Gasteiger partial charge in [0.05, 0.1) is 17.8 Å². The smallest absolute Gasteiger partial charge is 0.306 e. The molecule has 0 saturated heterocycles. The summed E-state index contributed by atoms with van der Waals surface area (Å²) in [4.78, 5) is 25.4. The van der Waals surface area contributed by atoms with Crippen LogP contribution in [0.15, 0.2) is 78.5 Å². The molecule has 5 nitrogen and oxygen atoms in total. The molecule has 0 radical (unpaired) electrons. The normalized spacial score (nSPS) is 13.1. The Morgan fingerprint density at radius 3 is 2.66 bits per heavy atom. The van der Waals surface area contributed by atoms with E-state index in [1.807, 2.05) is 77.4 Å². The predicted octanol–water partition coefficient (Wildman–Crippen LogP) is 5.47. The topological polar surface area (TPSA) is 57.0 Å². The number of carbonyl (C=O) groups is 2. The number of ether oxygens (including phenoxy) is 2. The lowest BCUT2D eigenvalue weighted by Gasteiger charge is -2.11. The molecule has 2 aromatic heterocycles. The molecule has 2 heterocycles. The van der Waals surface area contributed by atoms with Crippen molar-refractivity contribution < 1.29 is 19.1 Å². The minimum Gasteiger partial charge on any atom is -0.487 e. The average Bonchev–Trinajstić information content (AvgIpc) is 3.21. The molecule has 0 aliphatic heterocycles. The van der Waals surface area contributed by atoms with Gasteiger partial charge < -0.3 is 13.9 Å². The van der Waals surface area contributed by atoms with Crippen molar-refractivity contribution in [3.8, 4) is 5.75 Å². The van der Waals surface area contributed by atoms with Crippen LogP contribution in [0.5, 0.6) is 5.75 Å². The van der Waals surface area contributed by atoms with E-state index in [0.29, 0.717) is 36.7 Å². The molecule has 0 bridgehead atoms. The van der Waals surface area contributed by atoms with Crippen molar-refractivity contribution in [3.63, 3.8) is 0 Å². The van der Waals surface area contributed by atoms with Gasteiger partial charge in [0.2, 0.25) is 5.78 Å². The summed E-state index contributed by atoms with van der Waals surface area (Å²) in [5, 5.41) is 0. The van der Waals surface area contributed by atoms with E-state index in [1.165, 1.54) is 0 Å². The van der Waals surface area contributed by atoms with E-state index in [2.05, 4.69) is 0 Å². The van der Waals surface area contributed by atoms with Gasteiger partial charge in [-0.05, 0) is 55.5 Å². The lowest BCUT2D eigenvalue weighted by molar-refractivity contribution is -0.143. The third-order valence-corrected chi connectivity index (χ3v) is 5.46. The molecule has 0 amide bonds. The molecule has 5 heteroatoms. The number of esters is 1. The predicted molar refractivity (Wildman–Crippen MR) is 124 cm³/mol. The highest BCUT2D eigenvalue weighted by atomic mass is 16.5. The fourth-order valence-electron chi connectivity index (χ4n) is 3.92. The van der Waals surface area contributed by atoms with Crippen LogP contribution < -0.4 is 4.74 Å². The fourth-order valence-corrected chi connectivity index (χ4v) is 3.92. The average molecular weight is 430 g/mol. The van der Waals surface area contributed by atoms with Crippen LogP contribution in [-0.2, 0) is 22.6 Å². The SMILES string of the molecule is CCOC(=O)CCc1cc2c(OCc3ccccc3)cccn2c1C(=O)C1=CCCC=C1. The largest absolute Gasteiger partial charge is 0.487 e. The van der Waals surface area contributed by atoms with Gasteiger partial charge in [-0.2, -0.15) is 0 Å². The molecule has 4 rings (SSSR count). The minimum absolute atomic E-state index is 0.0416. The van der Waals surface area contributed by atoms with Crippen LogP contribution >= 0.6 is 0 Å². The summed E-state index contributed by atoms with van der Waals surface area (Å²) in [5.41, 5.74) is 3.96. The van der Waals surface area contributed by atoms with Crippen molar-refractivity contribution in [2.24, 2.45) is 0 Å². The molecule has 0 spiro atoms. The Balaban J connectivity index is 1.70. The Kier molecular flexibility index (Phi) is 6.85. The number of allylic oxidation sites excluding steroid dienone is 4. The van der Waals surface area contributed by atoms with Gasteiger partial charge in [-0.15, -0.1) is 0 Å². The molecule has 32 heavy (non-hydrogen) atoms. The number of benzene rings is 1. The molecule has 1 aliphatic carbocycles. The van der Waals surface area contributed by atoms with Gasteiger partial charge in [-0.3, -0.25) is 9.59 Å². The van der Waals surface area contributed by atoms with Gasteiger partial charge >= 0.3 is 5.97 Å². The van der Waals surface area contributed by atoms with E-state index < -0.39 is 0 Å². The van der Waals surface area contributed by atoms with Gasteiger partial charge in [0.25, 0.3) is 0 Å². The number of ketones is 1. The van der Waals surface area contributed by atoms with E-state index in [-0.39, 0.29) is 18.2 Å². The number of Topliss-reactive ketones (excluding diaryl/α,β-unsaturated/α-hetero) is 1. The minimum atomic E-state index is -0.265. The van der Waals surface area contributed by atoms with Gasteiger partial charge in [0.15, 0.2) is 0 Å². The Morgan fingerprint density at radius 1 is 1.06 bits per heavy atom. The Bertz CT molecular complexity index is 1170. The number of hydrogen-bond acceptors (Lipinski definition) is 4. The van der Waals surface area contributed by atoms with Gasteiger partial charge in [0.1, 0.15) is 12.4 Å². The summed E-state index contributed by atoms with van der Waals surface area (Å²) in [5.74, 6) is 0.388. The first kappa shape index (κ1) is 21.6. The fraction of sp³-hybridized carbons (Fsp3) is 0.259. The molecular weight excluding hydrogens is 402 g/mol. The molecule has 1 aliphatic rings. The molecule has 0 fully saturated rings. The number of carbonyl (C=O) groups excluding carboxylic acids is 2. The van der Waals surface area contributed by atoms with Crippen LogP contribution in [0.2, 0.25) is 0 Å². The second kappa shape index (κ2) is 10.1. The number of pyridine rings is 1. The maximum atomic E-state index is 13.5. The van der Waals surface area contributed by atoms with Crippen LogP contribution in [0.25, 0.3) is 5.52 Å². The van der Waals surface area contributed by atoms with Gasteiger partial charge in [-0.25, -0.2) is 0 Å². The number of nitrogens with zero attached hydrogens (tertiary/aromatic N) is 1. The number of hydrogen-bond donors (Lipinski definition) is 0. The van der Waals surface area contributed by atoms with Crippen LogP contribution in [-0.4, -0.2) is 22.8 Å². The summed E-state index contributed by atoms with van der Waals surface area (Å²) in [6, 6.07) is 15.7. The van der Waals surface area contributed by atoms with E-state index >= 15 is 0 Å². The Hall–Kier alpha value is -3.60. The molecular formula is C27H27NO4. The first-order chi connectivity index (χ1) is 15.7. The van der Waals surface area contributed by atoms with E-state index in [9.17, 15) is 9.59 Å². The summed E-state index contributed by atoms with van der Waals surface area (Å²) in [6.45, 7) is 2.57. The molecule has 164 valence electrons. The molecule has 0 saturated carbocycles. The summed E-state index contributed by atoms with van der Waals surface area (Å²) in [6.07, 6.45) is 10.2. The Morgan fingerprint density at radius 2 is 1.91 bits per heavy atom. The van der Waals surface area contributed by atoms with Crippen molar-refractivity contribution >= 4 is 17.3 Å². The maximum Gasteiger partial charge on any atom is 0.306 e. The standard InChI is InChI=1S/C27H27NO4/c1-2-31-25(29)16-15-22-18-23-24(32-19-20-10-5-3-6-11-20)14-9-17-28(23)26(22)27(30)21-12-7-4-8-13-21/h3,5-7,9-14,17-18H,2,4,8,15-16,19H2,1H3. The maximum absolute atomic E-state index is 13.5. The number of rotatable bonds is 9. The molecule has 0 unspecified atom stereocenters. The number of aryl methyl sites for hydroxylation is 1. The molecule has 0 N–H and O–H groups in total. The van der Waals surface area contributed by atoms with Gasteiger partial charge in [-0.1, -0.05) is 48.6 Å². The summed E-state index contributed by atoms with van der Waals surface area (Å²) >= 11 is 0. The van der Waals surface area contributed by atoms with E-state index in [0.717, 1.165) is 29.5 Å². The lowest BCUT2D eigenvalue weighted by Crippen LogP contribution is -2.11. The molecule has 1 aromatic carbocycles. The molecule has 3 aromatic rings. The third-order valence-electron chi connectivity index (χ3n) is 5.46. The van der Waals surface area contributed by atoms with Crippen LogP contribution in [0.3, 0.4) is 0 Å². The van der Waals surface area contributed by atoms with Crippen LogP contribution in [0.1, 0.15) is 47.8 Å². The van der Waals surface area contributed by atoms with E-state index in [4.69, 9.17) is 9.47 Å². The van der Waals surface area contributed by atoms with Crippen LogP contribution in [0, 0.1) is 0 Å². The molecule has 0 atom stereocenters. The van der Waals surface area contributed by atoms with Crippen molar-refractivity contribution in [1.82, 2.24) is 4.40 Å². The zero-order valence-electron chi connectivity index (χ0n) is 18.3. The monoisotopic (exact) mass is 429 g/mol. The van der Waals surface area contributed by atoms with Crippen molar-refractivity contribution in [1.29, 1.82) is 0 Å². The zero-order valence-corrected chi connectivity index (χ0v) is 18.3. The van der Waals surface area contributed by atoms with Crippen molar-refractivity contribution in [2.75, 3.05) is 6.61 Å². The van der Waals surface area contributed by atoms with Crippen LogP contribution in [0.4, 0.5) is 0 Å². The Labute approximate surface area is 188 Å². The second-order valence-corrected chi connectivity index (χ2v) is 7.69.